The summed E-state index contributed by atoms with van der Waals surface area (Å²) < 4.78 is 5.29. The van der Waals surface area contributed by atoms with Crippen molar-refractivity contribution in [2.45, 2.75) is 63.6 Å². The number of ether oxygens (including phenoxy) is 1. The van der Waals surface area contributed by atoms with Gasteiger partial charge in [-0.3, -0.25) is 19.3 Å². The number of imide groups is 1. The van der Waals surface area contributed by atoms with E-state index < -0.39 is 30.2 Å². The molecule has 1 aliphatic carbocycles. The lowest BCUT2D eigenvalue weighted by Gasteiger charge is -2.26. The van der Waals surface area contributed by atoms with Crippen LogP contribution in [0.15, 0.2) is 24.3 Å². The van der Waals surface area contributed by atoms with Crippen molar-refractivity contribution in [3.63, 3.8) is 0 Å². The average Bonchev–Trinajstić information content (AvgIpc) is 3.34. The van der Waals surface area contributed by atoms with Crippen molar-refractivity contribution in [1.82, 2.24) is 10.2 Å². The molecule has 1 N–H and O–H groups in total. The molecule has 1 spiro atoms. The molecule has 1 saturated heterocycles. The monoisotopic (exact) mass is 399 g/mol. The number of benzene rings is 1. The predicted octanol–water partition coefficient (Wildman–Crippen LogP) is 1.76. The van der Waals surface area contributed by atoms with Gasteiger partial charge in [0.05, 0.1) is 0 Å². The van der Waals surface area contributed by atoms with E-state index in [1.165, 1.54) is 6.92 Å². The number of urea groups is 1. The maximum absolute atomic E-state index is 12.9. The summed E-state index contributed by atoms with van der Waals surface area (Å²) in [5.74, 6) is -1.47. The van der Waals surface area contributed by atoms with Crippen LogP contribution in [0.2, 0.25) is 0 Å². The topological polar surface area (TPSA) is 96.0 Å². The van der Waals surface area contributed by atoms with Crippen molar-refractivity contribution in [2.75, 3.05) is 11.4 Å². The number of hydrogen-bond acceptors (Lipinski definition) is 5. The maximum Gasteiger partial charge on any atom is 0.327 e. The molecule has 4 amide bonds. The van der Waals surface area contributed by atoms with Crippen LogP contribution in [0.25, 0.3) is 0 Å². The highest BCUT2D eigenvalue weighted by molar-refractivity contribution is 6.09. The van der Waals surface area contributed by atoms with Crippen LogP contribution in [0, 0.1) is 0 Å². The van der Waals surface area contributed by atoms with E-state index in [-0.39, 0.29) is 17.9 Å². The number of fused-ring (bicyclic) bond motifs is 1. The summed E-state index contributed by atoms with van der Waals surface area (Å²) in [7, 11) is 0. The minimum Gasteiger partial charge on any atom is -0.451 e. The van der Waals surface area contributed by atoms with Gasteiger partial charge < -0.3 is 15.0 Å². The fraction of sp³-hybridized carbons (Fsp3) is 0.524. The molecule has 8 heteroatoms. The van der Waals surface area contributed by atoms with Crippen LogP contribution in [0.5, 0.6) is 0 Å². The molecular weight excluding hydrogens is 374 g/mol. The van der Waals surface area contributed by atoms with Gasteiger partial charge in [0, 0.05) is 11.7 Å². The summed E-state index contributed by atoms with van der Waals surface area (Å²) in [5, 5.41) is 2.73. The second kappa shape index (κ2) is 7.17. The lowest BCUT2D eigenvalue weighted by Crippen LogP contribution is -2.46. The minimum absolute atomic E-state index is 0.0331. The molecule has 1 aromatic rings. The molecule has 29 heavy (non-hydrogen) atoms. The lowest BCUT2D eigenvalue weighted by molar-refractivity contribution is -0.156. The molecule has 8 nitrogen and oxygen atoms in total. The first kappa shape index (κ1) is 19.4. The Hall–Kier alpha value is -2.90. The second-order valence-electron chi connectivity index (χ2n) is 8.13. The van der Waals surface area contributed by atoms with Crippen LogP contribution < -0.4 is 10.2 Å². The highest BCUT2D eigenvalue weighted by Crippen LogP contribution is 2.35. The van der Waals surface area contributed by atoms with E-state index in [4.69, 9.17) is 4.74 Å². The quantitative estimate of drug-likeness (QED) is 0.615. The maximum atomic E-state index is 12.9. The zero-order valence-electron chi connectivity index (χ0n) is 16.6. The molecular formula is C21H25N3O5. The second-order valence-corrected chi connectivity index (χ2v) is 8.13. The van der Waals surface area contributed by atoms with Crippen molar-refractivity contribution >= 4 is 29.5 Å². The summed E-state index contributed by atoms with van der Waals surface area (Å²) in [5.41, 5.74) is 1.03. The van der Waals surface area contributed by atoms with Gasteiger partial charge in [0.15, 0.2) is 6.10 Å². The van der Waals surface area contributed by atoms with Crippen LogP contribution in [-0.2, 0) is 25.5 Å². The highest BCUT2D eigenvalue weighted by Gasteiger charge is 2.53. The number of para-hydroxylation sites is 1. The smallest absolute Gasteiger partial charge is 0.327 e. The van der Waals surface area contributed by atoms with E-state index in [1.54, 1.807) is 4.90 Å². The fourth-order valence-electron chi connectivity index (χ4n) is 4.65. The van der Waals surface area contributed by atoms with Crippen LogP contribution in [0.4, 0.5) is 10.5 Å². The third-order valence-electron chi connectivity index (χ3n) is 6.09. The number of amides is 4. The Kier molecular flexibility index (Phi) is 4.80. The summed E-state index contributed by atoms with van der Waals surface area (Å²) in [6.07, 6.45) is 2.63. The lowest BCUT2D eigenvalue weighted by atomic mass is 9.98. The van der Waals surface area contributed by atoms with Crippen LogP contribution in [0.1, 0.15) is 45.1 Å². The highest BCUT2D eigenvalue weighted by atomic mass is 16.5. The zero-order valence-corrected chi connectivity index (χ0v) is 16.6. The Morgan fingerprint density at radius 1 is 1.24 bits per heavy atom. The van der Waals surface area contributed by atoms with Gasteiger partial charge in [-0.15, -0.1) is 0 Å². The van der Waals surface area contributed by atoms with Gasteiger partial charge in [-0.05, 0) is 44.7 Å². The van der Waals surface area contributed by atoms with Crippen molar-refractivity contribution in [3.05, 3.63) is 29.8 Å². The van der Waals surface area contributed by atoms with Gasteiger partial charge in [0.1, 0.15) is 12.1 Å². The van der Waals surface area contributed by atoms with Crippen LogP contribution >= 0.6 is 0 Å². The average molecular weight is 399 g/mol. The molecule has 2 heterocycles. The molecule has 1 saturated carbocycles. The molecule has 2 fully saturated rings. The van der Waals surface area contributed by atoms with E-state index >= 15 is 0 Å². The predicted molar refractivity (Wildman–Crippen MR) is 104 cm³/mol. The third kappa shape index (κ3) is 3.26. The first-order chi connectivity index (χ1) is 13.8. The van der Waals surface area contributed by atoms with Gasteiger partial charge >= 0.3 is 12.0 Å². The Morgan fingerprint density at radius 3 is 2.66 bits per heavy atom. The Balaban J connectivity index is 1.39. The Labute approximate surface area is 169 Å². The van der Waals surface area contributed by atoms with Crippen molar-refractivity contribution < 1.29 is 23.9 Å². The number of nitrogens with one attached hydrogen (secondary N) is 1. The van der Waals surface area contributed by atoms with Crippen molar-refractivity contribution in [3.8, 4) is 0 Å². The van der Waals surface area contributed by atoms with Crippen molar-refractivity contribution in [2.24, 2.45) is 0 Å². The number of hydrogen-bond donors (Lipinski definition) is 1. The molecule has 2 aliphatic heterocycles. The van der Waals surface area contributed by atoms with E-state index in [0.717, 1.165) is 35.4 Å². The molecule has 0 radical (unpaired) electrons. The minimum atomic E-state index is -1.02. The molecule has 0 unspecified atom stereocenters. The Morgan fingerprint density at radius 2 is 1.93 bits per heavy atom. The molecule has 0 bridgehead atoms. The molecule has 154 valence electrons. The number of nitrogens with zero attached hydrogens (tertiary/aromatic N) is 2. The summed E-state index contributed by atoms with van der Waals surface area (Å²) in [6, 6.07) is 7.04. The van der Waals surface area contributed by atoms with Gasteiger partial charge in [0.25, 0.3) is 11.8 Å². The summed E-state index contributed by atoms with van der Waals surface area (Å²) in [4.78, 5) is 52.7. The first-order valence-electron chi connectivity index (χ1n) is 10.1. The van der Waals surface area contributed by atoms with E-state index in [2.05, 4.69) is 5.32 Å². The van der Waals surface area contributed by atoms with E-state index in [9.17, 15) is 19.2 Å². The molecule has 2 atom stereocenters. The van der Waals surface area contributed by atoms with Gasteiger partial charge in [-0.2, -0.15) is 0 Å². The fourth-order valence-corrected chi connectivity index (χ4v) is 4.65. The number of rotatable bonds is 4. The van der Waals surface area contributed by atoms with Crippen LogP contribution in [-0.4, -0.2) is 52.9 Å². The third-order valence-corrected chi connectivity index (χ3v) is 6.09. The number of carbonyl (C=O) groups excluding carboxylic acids is 4. The first-order valence-corrected chi connectivity index (χ1v) is 10.1. The zero-order chi connectivity index (χ0) is 20.8. The van der Waals surface area contributed by atoms with E-state index in [1.807, 2.05) is 31.2 Å². The molecule has 3 aliphatic rings. The Bertz CT molecular complexity index is 877. The SMILES string of the molecule is C[C@H](OC(=O)CN1C(=O)NC2(CCCC2)C1=O)C(=O)N1c2ccccc2C[C@@H]1C. The number of esters is 1. The van der Waals surface area contributed by atoms with E-state index in [0.29, 0.717) is 12.8 Å². The largest absolute Gasteiger partial charge is 0.451 e. The standard InChI is InChI=1S/C21H25N3O5/c1-13-11-15-7-3-4-8-16(15)24(13)18(26)14(2)29-17(25)12-23-19(27)21(22-20(23)28)9-5-6-10-21/h3-4,7-8,13-14H,5-6,9-12H2,1-2H3,(H,22,28)/t13-,14-/m0/s1. The molecule has 0 aromatic heterocycles. The molecule has 1 aromatic carbocycles. The van der Waals surface area contributed by atoms with Gasteiger partial charge in [-0.1, -0.05) is 31.0 Å². The number of anilines is 1. The van der Waals surface area contributed by atoms with Gasteiger partial charge in [0.2, 0.25) is 0 Å². The van der Waals surface area contributed by atoms with Gasteiger partial charge in [-0.25, -0.2) is 4.79 Å². The summed E-state index contributed by atoms with van der Waals surface area (Å²) >= 11 is 0. The normalized spacial score (nSPS) is 23.3. The molecule has 4 rings (SSSR count). The number of carbonyl (C=O) groups is 4. The van der Waals surface area contributed by atoms with Crippen molar-refractivity contribution in [1.29, 1.82) is 0 Å². The van der Waals surface area contributed by atoms with Crippen LogP contribution in [0.3, 0.4) is 0 Å². The summed E-state index contributed by atoms with van der Waals surface area (Å²) in [6.45, 7) is 2.97.